The number of H-pyrrole nitrogens is 1. The summed E-state index contributed by atoms with van der Waals surface area (Å²) in [6, 6.07) is 8.43. The molecular formula is C14H16N4O3S. The quantitative estimate of drug-likeness (QED) is 0.666. The van der Waals surface area contributed by atoms with Gasteiger partial charge in [-0.1, -0.05) is 12.1 Å². The fraction of sp³-hybridized carbons (Fsp3) is 0.214. The molecule has 7 nitrogen and oxygen atoms in total. The average Bonchev–Trinajstić information content (AvgIpc) is 2.48. The number of nitrogens with one attached hydrogen (secondary N) is 1. The normalized spacial score (nSPS) is 10.4. The highest BCUT2D eigenvalue weighted by atomic mass is 32.1. The SMILES string of the molecule is NCCn1c(-c2ccccc2OCC(N)=O)cc(=O)[nH]c1=S. The first-order chi connectivity index (χ1) is 10.5. The molecule has 2 rings (SSSR count). The van der Waals surface area contributed by atoms with Gasteiger partial charge in [0.15, 0.2) is 11.4 Å². The predicted molar refractivity (Wildman–Crippen MR) is 85.1 cm³/mol. The fourth-order valence-corrected chi connectivity index (χ4v) is 2.34. The third-order valence-electron chi connectivity index (χ3n) is 2.92. The molecule has 1 aromatic carbocycles. The van der Waals surface area contributed by atoms with E-state index < -0.39 is 5.91 Å². The molecule has 1 aromatic heterocycles. The molecule has 22 heavy (non-hydrogen) atoms. The van der Waals surface area contributed by atoms with E-state index in [0.717, 1.165) is 0 Å². The standard InChI is InChI=1S/C14H16N4O3S/c15-5-6-18-10(7-13(20)17-14(18)22)9-3-1-2-4-11(9)21-8-12(16)19/h1-4,7H,5-6,8,15H2,(H2,16,19)(H,17,20,22). The summed E-state index contributed by atoms with van der Waals surface area (Å²) in [4.78, 5) is 25.2. The van der Waals surface area contributed by atoms with E-state index in [2.05, 4.69) is 4.98 Å². The molecular weight excluding hydrogens is 304 g/mol. The van der Waals surface area contributed by atoms with Crippen LogP contribution in [0.2, 0.25) is 0 Å². The predicted octanol–water partition coefficient (Wildman–Crippen LogP) is 0.396. The first kappa shape index (κ1) is 15.9. The van der Waals surface area contributed by atoms with Crippen molar-refractivity contribution >= 4 is 18.1 Å². The van der Waals surface area contributed by atoms with E-state index >= 15 is 0 Å². The number of amides is 1. The van der Waals surface area contributed by atoms with Crippen LogP contribution >= 0.6 is 12.2 Å². The van der Waals surface area contributed by atoms with Crippen molar-refractivity contribution in [3.63, 3.8) is 0 Å². The number of ether oxygens (including phenoxy) is 1. The summed E-state index contributed by atoms with van der Waals surface area (Å²) in [6.07, 6.45) is 0. The van der Waals surface area contributed by atoms with Gasteiger partial charge < -0.3 is 20.8 Å². The van der Waals surface area contributed by atoms with Crippen LogP contribution in [0.4, 0.5) is 0 Å². The molecule has 2 aromatic rings. The van der Waals surface area contributed by atoms with E-state index in [-0.39, 0.29) is 16.9 Å². The van der Waals surface area contributed by atoms with Gasteiger partial charge in [0.2, 0.25) is 0 Å². The summed E-state index contributed by atoms with van der Waals surface area (Å²) < 4.78 is 7.39. The lowest BCUT2D eigenvalue weighted by atomic mass is 10.1. The monoisotopic (exact) mass is 320 g/mol. The molecule has 0 bridgehead atoms. The molecule has 0 aliphatic rings. The van der Waals surface area contributed by atoms with Crippen molar-refractivity contribution in [2.45, 2.75) is 6.54 Å². The molecule has 0 aliphatic carbocycles. The van der Waals surface area contributed by atoms with E-state index in [4.69, 9.17) is 28.4 Å². The lowest BCUT2D eigenvalue weighted by molar-refractivity contribution is -0.119. The van der Waals surface area contributed by atoms with Crippen LogP contribution in [0.1, 0.15) is 0 Å². The summed E-state index contributed by atoms with van der Waals surface area (Å²) >= 11 is 5.18. The molecule has 8 heteroatoms. The summed E-state index contributed by atoms with van der Waals surface area (Å²) in [7, 11) is 0. The molecule has 1 heterocycles. The van der Waals surface area contributed by atoms with Gasteiger partial charge >= 0.3 is 0 Å². The number of primary amides is 1. The minimum atomic E-state index is -0.584. The molecule has 0 saturated carbocycles. The van der Waals surface area contributed by atoms with Crippen LogP contribution in [0.15, 0.2) is 35.1 Å². The minimum Gasteiger partial charge on any atom is -0.483 e. The van der Waals surface area contributed by atoms with Crippen molar-refractivity contribution in [3.05, 3.63) is 45.5 Å². The van der Waals surface area contributed by atoms with Gasteiger partial charge in [-0.2, -0.15) is 0 Å². The molecule has 0 atom stereocenters. The Balaban J connectivity index is 2.58. The zero-order valence-electron chi connectivity index (χ0n) is 11.7. The Labute approximate surface area is 131 Å². The van der Waals surface area contributed by atoms with Gasteiger partial charge in [0.1, 0.15) is 5.75 Å². The number of benzene rings is 1. The fourth-order valence-electron chi connectivity index (χ4n) is 2.05. The second-order valence-corrected chi connectivity index (χ2v) is 4.90. The van der Waals surface area contributed by atoms with Gasteiger partial charge in [-0.05, 0) is 24.4 Å². The molecule has 5 N–H and O–H groups in total. The molecule has 0 aliphatic heterocycles. The van der Waals surface area contributed by atoms with E-state index in [1.54, 1.807) is 28.8 Å². The van der Waals surface area contributed by atoms with Crippen molar-refractivity contribution in [2.24, 2.45) is 11.5 Å². The van der Waals surface area contributed by atoms with E-state index in [9.17, 15) is 9.59 Å². The zero-order chi connectivity index (χ0) is 16.1. The number of hydrogen-bond acceptors (Lipinski definition) is 5. The molecule has 0 saturated heterocycles. The van der Waals surface area contributed by atoms with Gasteiger partial charge in [-0.25, -0.2) is 0 Å². The number of rotatable bonds is 6. The molecule has 0 unspecified atom stereocenters. The highest BCUT2D eigenvalue weighted by molar-refractivity contribution is 7.71. The zero-order valence-corrected chi connectivity index (χ0v) is 12.6. The third kappa shape index (κ3) is 3.60. The van der Waals surface area contributed by atoms with Crippen LogP contribution < -0.4 is 21.8 Å². The Morgan fingerprint density at radius 1 is 1.36 bits per heavy atom. The first-order valence-electron chi connectivity index (χ1n) is 6.57. The molecule has 1 amide bonds. The number of carbonyl (C=O) groups is 1. The van der Waals surface area contributed by atoms with Gasteiger partial charge in [-0.3, -0.25) is 14.6 Å². The summed E-state index contributed by atoms with van der Waals surface area (Å²) in [6.45, 7) is 0.546. The van der Waals surface area contributed by atoms with Crippen molar-refractivity contribution in [2.75, 3.05) is 13.2 Å². The summed E-state index contributed by atoms with van der Waals surface area (Å²) in [5.74, 6) is -0.147. The van der Waals surface area contributed by atoms with Crippen LogP contribution in [0.3, 0.4) is 0 Å². The number of para-hydroxylation sites is 1. The Hall–Kier alpha value is -2.45. The summed E-state index contributed by atoms with van der Waals surface area (Å²) in [5.41, 5.74) is 11.6. The number of nitrogens with zero attached hydrogens (tertiary/aromatic N) is 1. The minimum absolute atomic E-state index is 0.252. The number of aromatic nitrogens is 2. The molecule has 0 radical (unpaired) electrons. The number of nitrogens with two attached hydrogens (primary N) is 2. The summed E-state index contributed by atoms with van der Waals surface area (Å²) in [5, 5.41) is 0. The number of carbonyl (C=O) groups excluding carboxylic acids is 1. The maximum atomic E-state index is 11.7. The van der Waals surface area contributed by atoms with Gasteiger partial charge in [0.25, 0.3) is 11.5 Å². The Morgan fingerprint density at radius 3 is 2.77 bits per heavy atom. The van der Waals surface area contributed by atoms with Gasteiger partial charge in [0.05, 0.1) is 5.69 Å². The van der Waals surface area contributed by atoms with Crippen LogP contribution in [0.25, 0.3) is 11.3 Å². The van der Waals surface area contributed by atoms with Gasteiger partial charge in [0, 0.05) is 24.7 Å². The largest absolute Gasteiger partial charge is 0.483 e. The van der Waals surface area contributed by atoms with Crippen LogP contribution in [-0.2, 0) is 11.3 Å². The van der Waals surface area contributed by atoms with Crippen molar-refractivity contribution < 1.29 is 9.53 Å². The molecule has 0 spiro atoms. The third-order valence-corrected chi connectivity index (χ3v) is 3.24. The highest BCUT2D eigenvalue weighted by Crippen LogP contribution is 2.29. The van der Waals surface area contributed by atoms with E-state index in [0.29, 0.717) is 30.1 Å². The number of aromatic amines is 1. The Kier molecular flexibility index (Phi) is 5.08. The number of hydrogen-bond donors (Lipinski definition) is 3. The second kappa shape index (κ2) is 7.01. The maximum Gasteiger partial charge on any atom is 0.255 e. The lowest BCUT2D eigenvalue weighted by Crippen LogP contribution is -2.21. The topological polar surface area (TPSA) is 116 Å². The maximum absolute atomic E-state index is 11.7. The van der Waals surface area contributed by atoms with Crippen molar-refractivity contribution in [1.82, 2.24) is 9.55 Å². The van der Waals surface area contributed by atoms with Crippen LogP contribution in [0, 0.1) is 4.77 Å². The Morgan fingerprint density at radius 2 is 2.09 bits per heavy atom. The van der Waals surface area contributed by atoms with Crippen LogP contribution in [0.5, 0.6) is 5.75 Å². The highest BCUT2D eigenvalue weighted by Gasteiger charge is 2.12. The van der Waals surface area contributed by atoms with E-state index in [1.807, 2.05) is 0 Å². The van der Waals surface area contributed by atoms with Crippen molar-refractivity contribution in [1.29, 1.82) is 0 Å². The first-order valence-corrected chi connectivity index (χ1v) is 6.98. The second-order valence-electron chi connectivity index (χ2n) is 4.52. The smallest absolute Gasteiger partial charge is 0.255 e. The van der Waals surface area contributed by atoms with Gasteiger partial charge in [-0.15, -0.1) is 0 Å². The average molecular weight is 320 g/mol. The van der Waals surface area contributed by atoms with Crippen molar-refractivity contribution in [3.8, 4) is 17.0 Å². The lowest BCUT2D eigenvalue weighted by Gasteiger charge is -2.15. The van der Waals surface area contributed by atoms with E-state index in [1.165, 1.54) is 6.07 Å². The Bertz CT molecular complexity index is 797. The van der Waals surface area contributed by atoms with Crippen LogP contribution in [-0.4, -0.2) is 28.6 Å². The molecule has 0 fully saturated rings. The molecule has 116 valence electrons.